The number of nitrogens with zero attached hydrogens (tertiary/aromatic N) is 6. The summed E-state index contributed by atoms with van der Waals surface area (Å²) in [6.45, 7) is 9.32. The van der Waals surface area contributed by atoms with Crippen LogP contribution in [0.5, 0.6) is 0 Å². The quantitative estimate of drug-likeness (QED) is 0.121. The summed E-state index contributed by atoms with van der Waals surface area (Å²) in [5.41, 5.74) is 35.1. The molecular formula is C112H78N6. The molecule has 556 valence electrons. The number of aromatic nitrogens is 6. The molecule has 0 fully saturated rings. The Bertz CT molecular complexity index is 7240. The molecule has 22 rings (SSSR count). The topological polar surface area (TPSA) is 77.3 Å². The molecule has 4 heterocycles. The lowest BCUT2D eigenvalue weighted by molar-refractivity contribution is 0.661. The van der Waals surface area contributed by atoms with E-state index in [9.17, 15) is 0 Å². The fourth-order valence-corrected chi connectivity index (χ4v) is 17.9. The van der Waals surface area contributed by atoms with Crippen LogP contribution in [0.1, 0.15) is 49.9 Å². The first-order valence-electron chi connectivity index (χ1n) is 40.5. The van der Waals surface area contributed by atoms with Gasteiger partial charge in [0.25, 0.3) is 0 Å². The predicted molar refractivity (Wildman–Crippen MR) is 490 cm³/mol. The minimum absolute atomic E-state index is 0.0943. The number of rotatable bonds is 12. The van der Waals surface area contributed by atoms with Gasteiger partial charge in [0.2, 0.25) is 0 Å². The van der Waals surface area contributed by atoms with Crippen molar-refractivity contribution in [1.29, 1.82) is 0 Å². The van der Waals surface area contributed by atoms with Gasteiger partial charge in [0.1, 0.15) is 0 Å². The third kappa shape index (κ3) is 12.9. The smallest absolute Gasteiger partial charge is 0.160 e. The molecule has 118 heavy (non-hydrogen) atoms. The Labute approximate surface area is 687 Å². The molecule has 0 aliphatic heterocycles. The molecule has 0 spiro atoms. The van der Waals surface area contributed by atoms with E-state index in [0.29, 0.717) is 11.6 Å². The van der Waals surface area contributed by atoms with Crippen LogP contribution in [0.2, 0.25) is 0 Å². The highest BCUT2D eigenvalue weighted by Gasteiger charge is 2.38. The zero-order valence-electron chi connectivity index (χ0n) is 65.8. The zero-order valence-corrected chi connectivity index (χ0v) is 65.8. The molecular weight excluding hydrogens is 1430 g/mol. The highest BCUT2D eigenvalue weighted by Crippen LogP contribution is 2.53. The van der Waals surface area contributed by atoms with Crippen molar-refractivity contribution in [2.75, 3.05) is 0 Å². The second kappa shape index (κ2) is 29.1. The van der Waals surface area contributed by atoms with E-state index in [1.54, 1.807) is 0 Å². The Morgan fingerprint density at radius 2 is 0.517 bits per heavy atom. The maximum Gasteiger partial charge on any atom is 0.160 e. The monoisotopic (exact) mass is 1510 g/mol. The molecule has 0 saturated carbocycles. The first-order valence-corrected chi connectivity index (χ1v) is 40.5. The van der Waals surface area contributed by atoms with Gasteiger partial charge in [0.05, 0.1) is 45.2 Å². The number of hydrogen-bond acceptors (Lipinski definition) is 6. The van der Waals surface area contributed by atoms with Gasteiger partial charge in [0.15, 0.2) is 11.6 Å². The number of fused-ring (bicyclic) bond motifs is 10. The summed E-state index contributed by atoms with van der Waals surface area (Å²) in [5.74, 6) is 1.37. The molecule has 6 nitrogen and oxygen atoms in total. The molecule has 0 unspecified atom stereocenters. The van der Waals surface area contributed by atoms with Crippen LogP contribution in [0, 0.1) is 0 Å². The SMILES string of the molecule is CC1(C)c2ccccc2-c2cc3c(-c4cc(-c5ccccc5)cc(-c5nc(-c6ccc7ccccc7c6)cc(-c6cccc7ccccc67)n5)c4)cc(-c4ccccc4)nc3cc21.CC1(C)c2ccccc2-c2cc3c(-c4ccc(-c5ccc(-c6nc(-c7ccccc7)cc(-c7ccccc7)n6)cc5)cc4)cc(-c4ccccc4)nc3cc21. The molecule has 4 aromatic heterocycles. The average Bonchev–Trinajstić information content (AvgIpc) is 1.56. The van der Waals surface area contributed by atoms with Crippen LogP contribution < -0.4 is 0 Å². The van der Waals surface area contributed by atoms with Crippen molar-refractivity contribution in [2.24, 2.45) is 0 Å². The predicted octanol–water partition coefficient (Wildman–Crippen LogP) is 29.0. The molecule has 0 saturated heterocycles. The van der Waals surface area contributed by atoms with E-state index in [-0.39, 0.29) is 10.8 Å². The Kier molecular flexibility index (Phi) is 17.5. The first kappa shape index (κ1) is 70.9. The maximum absolute atomic E-state index is 5.47. The van der Waals surface area contributed by atoms with Crippen LogP contribution in [0.4, 0.5) is 0 Å². The maximum atomic E-state index is 5.47. The van der Waals surface area contributed by atoms with Crippen molar-refractivity contribution in [2.45, 2.75) is 38.5 Å². The van der Waals surface area contributed by atoms with E-state index >= 15 is 0 Å². The zero-order chi connectivity index (χ0) is 79.0. The number of hydrogen-bond donors (Lipinski definition) is 0. The molecule has 0 N–H and O–H groups in total. The van der Waals surface area contributed by atoms with E-state index < -0.39 is 0 Å². The van der Waals surface area contributed by atoms with E-state index in [0.717, 1.165) is 145 Å². The molecule has 0 bridgehead atoms. The lowest BCUT2D eigenvalue weighted by Crippen LogP contribution is -2.14. The molecule has 2 aliphatic rings. The second-order valence-electron chi connectivity index (χ2n) is 32.1. The van der Waals surface area contributed by atoms with Crippen LogP contribution in [-0.4, -0.2) is 29.9 Å². The largest absolute Gasteiger partial charge is 0.248 e. The van der Waals surface area contributed by atoms with E-state index in [4.69, 9.17) is 29.9 Å². The van der Waals surface area contributed by atoms with Crippen LogP contribution in [0.3, 0.4) is 0 Å². The van der Waals surface area contributed by atoms with E-state index in [1.807, 2.05) is 36.4 Å². The van der Waals surface area contributed by atoms with Crippen molar-refractivity contribution >= 4 is 43.4 Å². The number of pyridine rings is 2. The van der Waals surface area contributed by atoms with Crippen LogP contribution in [-0.2, 0) is 10.8 Å². The Morgan fingerprint density at radius 3 is 1.05 bits per heavy atom. The molecule has 6 heteroatoms. The fraction of sp³-hybridized carbons (Fsp3) is 0.0536. The van der Waals surface area contributed by atoms with Crippen molar-refractivity contribution < 1.29 is 0 Å². The van der Waals surface area contributed by atoms with Gasteiger partial charge in [-0.3, -0.25) is 0 Å². The molecule has 20 aromatic rings. The minimum Gasteiger partial charge on any atom is -0.248 e. The summed E-state index contributed by atoms with van der Waals surface area (Å²) in [5, 5.41) is 6.97. The average molecular weight is 1510 g/mol. The van der Waals surface area contributed by atoms with E-state index in [2.05, 4.69) is 392 Å². The van der Waals surface area contributed by atoms with Gasteiger partial charge in [-0.15, -0.1) is 0 Å². The molecule has 0 amide bonds. The summed E-state index contributed by atoms with van der Waals surface area (Å²) in [7, 11) is 0. The van der Waals surface area contributed by atoms with Gasteiger partial charge in [-0.25, -0.2) is 29.9 Å². The molecule has 0 radical (unpaired) electrons. The summed E-state index contributed by atoms with van der Waals surface area (Å²) in [4.78, 5) is 31.7. The van der Waals surface area contributed by atoms with Gasteiger partial charge < -0.3 is 0 Å². The van der Waals surface area contributed by atoms with Crippen LogP contribution in [0.15, 0.2) is 400 Å². The van der Waals surface area contributed by atoms with Crippen LogP contribution in [0.25, 0.3) is 200 Å². The van der Waals surface area contributed by atoms with Gasteiger partial charge >= 0.3 is 0 Å². The first-order chi connectivity index (χ1) is 57.9. The highest BCUT2D eigenvalue weighted by atomic mass is 14.9. The summed E-state index contributed by atoms with van der Waals surface area (Å²) >= 11 is 0. The summed E-state index contributed by atoms with van der Waals surface area (Å²) < 4.78 is 0. The normalized spacial score (nSPS) is 12.7. The summed E-state index contributed by atoms with van der Waals surface area (Å²) in [6, 6.07) is 143. The molecule has 0 atom stereocenters. The third-order valence-corrected chi connectivity index (χ3v) is 24.1. The standard InChI is InChI=1S/C60H41N3.C52H37N3/c1-60(2)53-27-14-13-25-48(53)51-34-52-50(35-55(41-20-7-4-8-21-41)61-57(52)36-54(51)60)45-31-44(38-16-5-3-6-17-38)32-46(33-45)59-62-56(43-29-28-39-18-9-10-22-42(39)30-43)37-58(63-59)49-26-15-23-40-19-11-12-24-47(40)49;1-52(2)45-21-13-12-20-41(45)43-30-44-42(31-47(37-14-6-3-7-15-37)53-50(44)32-46(43)52)36-26-22-34(23-27-36)35-24-28-40(29-25-35)51-54-48(38-16-8-4-9-17-38)33-49(55-51)39-18-10-5-11-19-39/h3-37H,1-2H3;3-33H,1-2H3. The molecule has 16 aromatic carbocycles. The fourth-order valence-electron chi connectivity index (χ4n) is 17.9. The summed E-state index contributed by atoms with van der Waals surface area (Å²) in [6.07, 6.45) is 0. The van der Waals surface area contributed by atoms with Crippen LogP contribution >= 0.6 is 0 Å². The Balaban J connectivity index is 0.000000148. The van der Waals surface area contributed by atoms with Gasteiger partial charge in [-0.05, 0) is 183 Å². The van der Waals surface area contributed by atoms with Crippen molar-refractivity contribution in [3.63, 3.8) is 0 Å². The van der Waals surface area contributed by atoms with Gasteiger partial charge in [0, 0.05) is 66.1 Å². The lowest BCUT2D eigenvalue weighted by atomic mass is 9.82. The third-order valence-electron chi connectivity index (χ3n) is 24.1. The number of benzene rings is 16. The minimum atomic E-state index is -0.152. The van der Waals surface area contributed by atoms with E-state index in [1.165, 1.54) is 66.2 Å². The Hall–Kier alpha value is -15.0. The van der Waals surface area contributed by atoms with Crippen molar-refractivity contribution in [3.05, 3.63) is 423 Å². The van der Waals surface area contributed by atoms with Crippen molar-refractivity contribution in [3.8, 4) is 157 Å². The highest BCUT2D eigenvalue weighted by molar-refractivity contribution is 6.05. The molecule has 2 aliphatic carbocycles. The Morgan fingerprint density at radius 1 is 0.161 bits per heavy atom. The lowest BCUT2D eigenvalue weighted by Gasteiger charge is -2.22. The van der Waals surface area contributed by atoms with Crippen molar-refractivity contribution in [1.82, 2.24) is 29.9 Å². The van der Waals surface area contributed by atoms with Gasteiger partial charge in [-0.1, -0.05) is 355 Å². The van der Waals surface area contributed by atoms with Gasteiger partial charge in [-0.2, -0.15) is 0 Å². The second-order valence-corrected chi connectivity index (χ2v) is 32.1.